The first-order valence-corrected chi connectivity index (χ1v) is 12.5. The van der Waals surface area contributed by atoms with Crippen molar-refractivity contribution in [3.8, 4) is 11.4 Å². The van der Waals surface area contributed by atoms with E-state index in [1.54, 1.807) is 30.5 Å². The third kappa shape index (κ3) is 4.67. The molecule has 0 atom stereocenters. The summed E-state index contributed by atoms with van der Waals surface area (Å²) in [4.78, 5) is 21.4. The summed E-state index contributed by atoms with van der Waals surface area (Å²) in [5.41, 5.74) is 1.72. The monoisotopic (exact) mass is 467 g/mol. The van der Waals surface area contributed by atoms with Gasteiger partial charge in [-0.2, -0.15) is 9.29 Å². The van der Waals surface area contributed by atoms with Crippen LogP contribution in [0.4, 0.5) is 5.82 Å². The molecule has 0 radical (unpaired) electrons. The lowest BCUT2D eigenvalue weighted by atomic mass is 9.97. The summed E-state index contributed by atoms with van der Waals surface area (Å²) in [7, 11) is -3.65. The Kier molecular flexibility index (Phi) is 5.71. The number of hydrogen-bond acceptors (Lipinski definition) is 7. The van der Waals surface area contributed by atoms with Crippen LogP contribution in [0.3, 0.4) is 0 Å². The Morgan fingerprint density at radius 3 is 2.48 bits per heavy atom. The number of aryl methyl sites for hydroxylation is 1. The van der Waals surface area contributed by atoms with Crippen molar-refractivity contribution in [3.63, 3.8) is 0 Å². The highest BCUT2D eigenvalue weighted by Gasteiger charge is 2.33. The number of hydrogen-bond donors (Lipinski definition) is 1. The van der Waals surface area contributed by atoms with Gasteiger partial charge in [0.05, 0.1) is 4.90 Å². The van der Waals surface area contributed by atoms with Gasteiger partial charge in [0.2, 0.25) is 27.6 Å². The van der Waals surface area contributed by atoms with E-state index in [9.17, 15) is 13.2 Å². The minimum atomic E-state index is -3.65. The molecule has 1 saturated heterocycles. The number of pyridine rings is 1. The average Bonchev–Trinajstić information content (AvgIpc) is 3.55. The average molecular weight is 468 g/mol. The summed E-state index contributed by atoms with van der Waals surface area (Å²) >= 11 is 0. The first-order chi connectivity index (χ1) is 15.9. The highest BCUT2D eigenvalue weighted by atomic mass is 32.2. The fourth-order valence-corrected chi connectivity index (χ4v) is 5.43. The fraction of sp³-hybridized carbons (Fsp3) is 0.391. The van der Waals surface area contributed by atoms with E-state index in [2.05, 4.69) is 20.4 Å². The molecule has 3 heterocycles. The van der Waals surface area contributed by atoms with E-state index in [0.29, 0.717) is 54.9 Å². The van der Waals surface area contributed by atoms with Gasteiger partial charge in [-0.3, -0.25) is 4.79 Å². The Balaban J connectivity index is 1.21. The standard InChI is InChI=1S/C23H25N5O4S/c1-15-8-11-24-20(14-15)25-22(29)17-9-12-28(13-10-17)33(30,31)19-6-4-16(5-7-19)21-26-23(32-27-21)18-2-3-18/h4-8,11,14,17-18H,2-3,9-10,12-13H2,1H3,(H,24,25,29). The van der Waals surface area contributed by atoms with Crippen molar-refractivity contribution >= 4 is 21.7 Å². The Labute approximate surface area is 192 Å². The van der Waals surface area contributed by atoms with E-state index in [1.165, 1.54) is 4.31 Å². The van der Waals surface area contributed by atoms with Crippen molar-refractivity contribution in [1.29, 1.82) is 0 Å². The van der Waals surface area contributed by atoms with Gasteiger partial charge in [-0.25, -0.2) is 13.4 Å². The third-order valence-electron chi connectivity index (χ3n) is 6.11. The zero-order chi connectivity index (χ0) is 23.0. The summed E-state index contributed by atoms with van der Waals surface area (Å²) in [6, 6.07) is 10.2. The van der Waals surface area contributed by atoms with Gasteiger partial charge in [-0.1, -0.05) is 5.16 Å². The molecule has 2 aromatic heterocycles. The minimum Gasteiger partial charge on any atom is -0.339 e. The molecule has 1 aliphatic heterocycles. The van der Waals surface area contributed by atoms with Crippen molar-refractivity contribution in [2.24, 2.45) is 5.92 Å². The van der Waals surface area contributed by atoms with Gasteiger partial charge in [-0.15, -0.1) is 0 Å². The van der Waals surface area contributed by atoms with Crippen LogP contribution in [0.2, 0.25) is 0 Å². The number of piperidine rings is 1. The van der Waals surface area contributed by atoms with E-state index < -0.39 is 10.0 Å². The molecule has 2 aliphatic rings. The molecule has 1 amide bonds. The third-order valence-corrected chi connectivity index (χ3v) is 8.02. The van der Waals surface area contributed by atoms with Crippen LogP contribution in [0.25, 0.3) is 11.4 Å². The molecule has 3 aromatic rings. The maximum Gasteiger partial charge on any atom is 0.243 e. The molecule has 0 spiro atoms. The minimum absolute atomic E-state index is 0.125. The molecular weight excluding hydrogens is 442 g/mol. The van der Waals surface area contributed by atoms with E-state index >= 15 is 0 Å². The number of amides is 1. The Morgan fingerprint density at radius 2 is 1.82 bits per heavy atom. The molecular formula is C23H25N5O4S. The second-order valence-electron chi connectivity index (χ2n) is 8.64. The van der Waals surface area contributed by atoms with E-state index in [4.69, 9.17) is 4.52 Å². The number of sulfonamides is 1. The quantitative estimate of drug-likeness (QED) is 0.590. The maximum atomic E-state index is 13.1. The van der Waals surface area contributed by atoms with Gasteiger partial charge in [0.15, 0.2) is 0 Å². The van der Waals surface area contributed by atoms with Crippen LogP contribution in [0.5, 0.6) is 0 Å². The Bertz CT molecular complexity index is 1260. The largest absolute Gasteiger partial charge is 0.339 e. The number of carbonyl (C=O) groups excluding carboxylic acids is 1. The molecule has 1 aliphatic carbocycles. The molecule has 1 saturated carbocycles. The summed E-state index contributed by atoms with van der Waals surface area (Å²) in [6.45, 7) is 2.51. The van der Waals surface area contributed by atoms with Crippen molar-refractivity contribution in [1.82, 2.24) is 19.4 Å². The first kappa shape index (κ1) is 21.7. The molecule has 1 aromatic carbocycles. The molecule has 9 nitrogen and oxygen atoms in total. The van der Waals surface area contributed by atoms with Crippen molar-refractivity contribution in [2.75, 3.05) is 18.4 Å². The number of nitrogens with zero attached hydrogens (tertiary/aromatic N) is 4. The van der Waals surface area contributed by atoms with Crippen LogP contribution < -0.4 is 5.32 Å². The van der Waals surface area contributed by atoms with Gasteiger partial charge in [0.25, 0.3) is 0 Å². The highest BCUT2D eigenvalue weighted by molar-refractivity contribution is 7.89. The first-order valence-electron chi connectivity index (χ1n) is 11.1. The van der Waals surface area contributed by atoms with Crippen molar-refractivity contribution in [2.45, 2.75) is 43.4 Å². The zero-order valence-electron chi connectivity index (χ0n) is 18.3. The summed E-state index contributed by atoms with van der Waals surface area (Å²) in [5.74, 6) is 1.62. The smallest absolute Gasteiger partial charge is 0.243 e. The molecule has 0 bridgehead atoms. The van der Waals surface area contributed by atoms with Gasteiger partial charge < -0.3 is 9.84 Å². The number of carbonyl (C=O) groups is 1. The summed E-state index contributed by atoms with van der Waals surface area (Å²) < 4.78 is 32.9. The van der Waals surface area contributed by atoms with Crippen LogP contribution in [0.15, 0.2) is 52.0 Å². The van der Waals surface area contributed by atoms with E-state index in [-0.39, 0.29) is 16.7 Å². The highest BCUT2D eigenvalue weighted by Crippen LogP contribution is 2.39. The summed E-state index contributed by atoms with van der Waals surface area (Å²) in [6.07, 6.45) is 4.71. The molecule has 2 fully saturated rings. The predicted octanol–water partition coefficient (Wildman–Crippen LogP) is 3.36. The second-order valence-corrected chi connectivity index (χ2v) is 10.6. The molecule has 10 heteroatoms. The van der Waals surface area contributed by atoms with Gasteiger partial charge in [0, 0.05) is 36.7 Å². The van der Waals surface area contributed by atoms with E-state index in [1.807, 2.05) is 19.1 Å². The lowest BCUT2D eigenvalue weighted by molar-refractivity contribution is -0.120. The van der Waals surface area contributed by atoms with Crippen LogP contribution in [0, 0.1) is 12.8 Å². The number of aromatic nitrogens is 3. The van der Waals surface area contributed by atoms with Crippen molar-refractivity contribution < 1.29 is 17.7 Å². The Hall–Kier alpha value is -3.11. The molecule has 1 N–H and O–H groups in total. The number of nitrogens with one attached hydrogen (secondary N) is 1. The van der Waals surface area contributed by atoms with Gasteiger partial charge in [-0.05, 0) is 74.6 Å². The van der Waals surface area contributed by atoms with Crippen LogP contribution in [0.1, 0.15) is 43.1 Å². The van der Waals surface area contributed by atoms with Crippen LogP contribution in [-0.4, -0.2) is 46.8 Å². The number of anilines is 1. The maximum absolute atomic E-state index is 13.1. The molecule has 172 valence electrons. The second kappa shape index (κ2) is 8.68. The zero-order valence-corrected chi connectivity index (χ0v) is 19.1. The lowest BCUT2D eigenvalue weighted by Gasteiger charge is -2.30. The normalized spacial score (nSPS) is 17.7. The van der Waals surface area contributed by atoms with Crippen LogP contribution in [-0.2, 0) is 14.8 Å². The summed E-state index contributed by atoms with van der Waals surface area (Å²) in [5, 5.41) is 6.84. The van der Waals surface area contributed by atoms with E-state index in [0.717, 1.165) is 18.4 Å². The number of benzene rings is 1. The predicted molar refractivity (Wildman–Crippen MR) is 121 cm³/mol. The topological polar surface area (TPSA) is 118 Å². The molecule has 5 rings (SSSR count). The molecule has 0 unspecified atom stereocenters. The SMILES string of the molecule is Cc1ccnc(NC(=O)C2CCN(S(=O)(=O)c3ccc(-c4noc(C5CC5)n4)cc3)CC2)c1. The van der Waals surface area contributed by atoms with Gasteiger partial charge >= 0.3 is 0 Å². The fourth-order valence-electron chi connectivity index (χ4n) is 3.96. The molecule has 33 heavy (non-hydrogen) atoms. The van der Waals surface area contributed by atoms with Gasteiger partial charge in [0.1, 0.15) is 5.82 Å². The van der Waals surface area contributed by atoms with Crippen LogP contribution >= 0.6 is 0 Å². The van der Waals surface area contributed by atoms with Crippen molar-refractivity contribution in [3.05, 3.63) is 54.0 Å². The lowest BCUT2D eigenvalue weighted by Crippen LogP contribution is -2.41. The Morgan fingerprint density at radius 1 is 1.09 bits per heavy atom. The number of rotatable bonds is 6.